The van der Waals surface area contributed by atoms with Crippen molar-refractivity contribution >= 4 is 16.8 Å². The number of likely N-dealkylation sites (tertiary alicyclic amines) is 1. The van der Waals surface area contributed by atoms with Crippen molar-refractivity contribution in [2.75, 3.05) is 13.7 Å². The third-order valence-corrected chi connectivity index (χ3v) is 4.99. The minimum absolute atomic E-state index is 0.0117. The second kappa shape index (κ2) is 5.95. The molecule has 6 nitrogen and oxygen atoms in total. The molecule has 1 atom stereocenters. The van der Waals surface area contributed by atoms with Crippen LogP contribution in [-0.2, 0) is 0 Å². The minimum Gasteiger partial charge on any atom is -0.497 e. The van der Waals surface area contributed by atoms with Crippen molar-refractivity contribution in [2.45, 2.75) is 32.7 Å². The van der Waals surface area contributed by atoms with Gasteiger partial charge in [0.25, 0.3) is 5.91 Å². The summed E-state index contributed by atoms with van der Waals surface area (Å²) in [5.41, 5.74) is 3.44. The zero-order valence-electron chi connectivity index (χ0n) is 14.6. The summed E-state index contributed by atoms with van der Waals surface area (Å²) in [6, 6.07) is 7.66. The van der Waals surface area contributed by atoms with Crippen molar-refractivity contribution in [1.29, 1.82) is 0 Å². The third kappa shape index (κ3) is 2.58. The molecule has 1 amide bonds. The molecule has 0 unspecified atom stereocenters. The van der Waals surface area contributed by atoms with Crippen molar-refractivity contribution in [1.82, 2.24) is 15.0 Å². The normalized spacial score (nSPS) is 17.4. The van der Waals surface area contributed by atoms with Gasteiger partial charge in [0.2, 0.25) is 0 Å². The van der Waals surface area contributed by atoms with Gasteiger partial charge in [-0.3, -0.25) is 4.79 Å². The van der Waals surface area contributed by atoms with Crippen molar-refractivity contribution in [3.05, 3.63) is 47.0 Å². The number of fused-ring (bicyclic) bond motifs is 1. The number of nitrogens with zero attached hydrogens (tertiary/aromatic N) is 2. The highest BCUT2D eigenvalue weighted by Crippen LogP contribution is 2.36. The highest BCUT2D eigenvalue weighted by molar-refractivity contribution is 5.98. The Kier molecular flexibility index (Phi) is 3.75. The summed E-state index contributed by atoms with van der Waals surface area (Å²) in [4.78, 5) is 18.3. The fourth-order valence-corrected chi connectivity index (χ4v) is 3.78. The molecule has 0 saturated carbocycles. The Bertz CT molecular complexity index is 921. The molecule has 0 radical (unpaired) electrons. The number of amides is 1. The summed E-state index contributed by atoms with van der Waals surface area (Å²) in [6.07, 6.45) is 1.91. The summed E-state index contributed by atoms with van der Waals surface area (Å²) in [5.74, 6) is 1.58. The van der Waals surface area contributed by atoms with Gasteiger partial charge in [-0.1, -0.05) is 5.16 Å². The lowest BCUT2D eigenvalue weighted by atomic mass is 10.0. The van der Waals surface area contributed by atoms with E-state index < -0.39 is 0 Å². The molecule has 1 fully saturated rings. The van der Waals surface area contributed by atoms with E-state index in [4.69, 9.17) is 9.26 Å². The first-order valence-corrected chi connectivity index (χ1v) is 8.49. The predicted octanol–water partition coefficient (Wildman–Crippen LogP) is 3.76. The summed E-state index contributed by atoms with van der Waals surface area (Å²) in [7, 11) is 1.64. The summed E-state index contributed by atoms with van der Waals surface area (Å²) in [6.45, 7) is 4.58. The molecule has 2 aromatic heterocycles. The average molecular weight is 339 g/mol. The van der Waals surface area contributed by atoms with Crippen LogP contribution in [0.1, 0.15) is 46.4 Å². The van der Waals surface area contributed by atoms with E-state index in [2.05, 4.69) is 10.1 Å². The maximum absolute atomic E-state index is 13.1. The fraction of sp³-hybridized carbons (Fsp3) is 0.368. The predicted molar refractivity (Wildman–Crippen MR) is 93.8 cm³/mol. The van der Waals surface area contributed by atoms with Crippen LogP contribution in [0.4, 0.5) is 0 Å². The van der Waals surface area contributed by atoms with Crippen LogP contribution in [0.25, 0.3) is 10.9 Å². The van der Waals surface area contributed by atoms with Crippen LogP contribution in [0.3, 0.4) is 0 Å². The zero-order valence-corrected chi connectivity index (χ0v) is 14.6. The molecule has 0 bridgehead atoms. The van der Waals surface area contributed by atoms with Gasteiger partial charge in [-0.25, -0.2) is 0 Å². The van der Waals surface area contributed by atoms with Gasteiger partial charge in [-0.05, 0) is 51.0 Å². The topological polar surface area (TPSA) is 71.4 Å². The summed E-state index contributed by atoms with van der Waals surface area (Å²) < 4.78 is 10.6. The Hall–Kier alpha value is -2.76. The lowest BCUT2D eigenvalue weighted by Crippen LogP contribution is -2.31. The van der Waals surface area contributed by atoms with Crippen LogP contribution < -0.4 is 4.74 Å². The van der Waals surface area contributed by atoms with Crippen LogP contribution in [0.2, 0.25) is 0 Å². The lowest BCUT2D eigenvalue weighted by Gasteiger charge is -2.24. The number of carbonyl (C=O) groups excluding carboxylic acids is 1. The fourth-order valence-electron chi connectivity index (χ4n) is 3.78. The summed E-state index contributed by atoms with van der Waals surface area (Å²) in [5, 5.41) is 5.01. The molecule has 130 valence electrons. The molecular weight excluding hydrogens is 318 g/mol. The number of aryl methyl sites for hydroxylation is 2. The monoisotopic (exact) mass is 339 g/mol. The van der Waals surface area contributed by atoms with E-state index in [9.17, 15) is 4.79 Å². The third-order valence-electron chi connectivity index (χ3n) is 4.99. The Balaban J connectivity index is 1.68. The highest BCUT2D eigenvalue weighted by atomic mass is 16.5. The van der Waals surface area contributed by atoms with Crippen molar-refractivity contribution in [2.24, 2.45) is 0 Å². The smallest absolute Gasteiger partial charge is 0.270 e. The molecule has 1 saturated heterocycles. The second-order valence-corrected chi connectivity index (χ2v) is 6.53. The Morgan fingerprint density at radius 2 is 2.20 bits per heavy atom. The first-order chi connectivity index (χ1) is 12.1. The number of rotatable bonds is 3. The van der Waals surface area contributed by atoms with Gasteiger partial charge in [-0.2, -0.15) is 0 Å². The van der Waals surface area contributed by atoms with Crippen LogP contribution in [-0.4, -0.2) is 34.6 Å². The summed E-state index contributed by atoms with van der Waals surface area (Å²) >= 11 is 0. The number of H-pyrrole nitrogens is 1. The Morgan fingerprint density at radius 3 is 2.92 bits per heavy atom. The van der Waals surface area contributed by atoms with Gasteiger partial charge in [0.1, 0.15) is 17.2 Å². The van der Waals surface area contributed by atoms with Gasteiger partial charge in [-0.15, -0.1) is 0 Å². The average Bonchev–Trinajstić information content (AvgIpc) is 3.32. The van der Waals surface area contributed by atoms with Gasteiger partial charge in [0, 0.05) is 23.0 Å². The maximum atomic E-state index is 13.1. The van der Waals surface area contributed by atoms with Crippen LogP contribution in [0.15, 0.2) is 28.8 Å². The molecule has 1 aromatic carbocycles. The molecular formula is C19H21N3O3. The van der Waals surface area contributed by atoms with Crippen LogP contribution in [0.5, 0.6) is 5.75 Å². The van der Waals surface area contributed by atoms with Gasteiger partial charge >= 0.3 is 0 Å². The minimum atomic E-state index is 0.0117. The quantitative estimate of drug-likeness (QED) is 0.789. The largest absolute Gasteiger partial charge is 0.497 e. The number of nitrogens with one attached hydrogen (secondary N) is 1. The number of aromatic nitrogens is 2. The SMILES string of the molecule is COc1ccc2[nH]c(C(=O)N3CCC[C@H]3c3c(C)noc3C)cc2c1. The van der Waals surface area contributed by atoms with Crippen LogP contribution >= 0.6 is 0 Å². The number of ether oxygens (including phenoxy) is 1. The van der Waals surface area contributed by atoms with Crippen molar-refractivity contribution in [3.63, 3.8) is 0 Å². The molecule has 6 heteroatoms. The first-order valence-electron chi connectivity index (χ1n) is 8.49. The standard InChI is InChI=1S/C19H21N3O3/c1-11-18(12(2)25-21-11)17-5-4-8-22(17)19(23)16-10-13-9-14(24-3)6-7-15(13)20-16/h6-7,9-10,17,20H,4-5,8H2,1-3H3/t17-/m0/s1. The lowest BCUT2D eigenvalue weighted by molar-refractivity contribution is 0.0729. The van der Waals surface area contributed by atoms with E-state index in [1.807, 2.05) is 43.0 Å². The van der Waals surface area contributed by atoms with E-state index in [0.29, 0.717) is 5.69 Å². The van der Waals surface area contributed by atoms with E-state index in [1.54, 1.807) is 7.11 Å². The van der Waals surface area contributed by atoms with E-state index >= 15 is 0 Å². The van der Waals surface area contributed by atoms with Crippen molar-refractivity contribution in [3.8, 4) is 5.75 Å². The Labute approximate surface area is 145 Å². The molecule has 1 N–H and O–H groups in total. The highest BCUT2D eigenvalue weighted by Gasteiger charge is 2.34. The van der Waals surface area contributed by atoms with Gasteiger partial charge in [0.05, 0.1) is 18.8 Å². The number of hydrogen-bond acceptors (Lipinski definition) is 4. The Morgan fingerprint density at radius 1 is 1.36 bits per heavy atom. The van der Waals surface area contributed by atoms with Crippen LogP contribution in [0, 0.1) is 13.8 Å². The molecule has 3 aromatic rings. The molecule has 0 spiro atoms. The molecule has 25 heavy (non-hydrogen) atoms. The second-order valence-electron chi connectivity index (χ2n) is 6.53. The number of aromatic amines is 1. The van der Waals surface area contributed by atoms with E-state index in [1.165, 1.54) is 0 Å². The first kappa shape index (κ1) is 15.7. The molecule has 1 aliphatic heterocycles. The number of benzene rings is 1. The van der Waals surface area contributed by atoms with E-state index in [-0.39, 0.29) is 11.9 Å². The zero-order chi connectivity index (χ0) is 17.6. The van der Waals surface area contributed by atoms with Gasteiger partial charge in [0.15, 0.2) is 0 Å². The molecule has 4 rings (SSSR count). The van der Waals surface area contributed by atoms with E-state index in [0.717, 1.165) is 53.1 Å². The maximum Gasteiger partial charge on any atom is 0.270 e. The molecule has 3 heterocycles. The van der Waals surface area contributed by atoms with Crippen molar-refractivity contribution < 1.29 is 14.1 Å². The molecule has 1 aliphatic rings. The molecule has 0 aliphatic carbocycles. The number of methoxy groups -OCH3 is 1. The number of carbonyl (C=O) groups is 1. The van der Waals surface area contributed by atoms with Gasteiger partial charge < -0.3 is 19.1 Å². The number of hydrogen-bond donors (Lipinski definition) is 1.